The normalized spacial score (nSPS) is 11.4. The van der Waals surface area contributed by atoms with Gasteiger partial charge in [0.2, 0.25) is 0 Å². The van der Waals surface area contributed by atoms with Crippen LogP contribution in [0.1, 0.15) is 18.9 Å². The van der Waals surface area contributed by atoms with Gasteiger partial charge in [-0.3, -0.25) is 4.79 Å². The van der Waals surface area contributed by atoms with Crippen LogP contribution in [0, 0.1) is 0 Å². The number of carbonyl (C=O) groups excluding carboxylic acids is 1. The molecule has 1 N–H and O–H groups in total. The Kier molecular flexibility index (Phi) is 3.85. The molecule has 0 amide bonds. The molecule has 1 aromatic carbocycles. The first-order valence-corrected chi connectivity index (χ1v) is 4.50. The maximum absolute atomic E-state index is 10.9. The monoisotopic (exact) mass is 191 g/mol. The molecule has 0 heterocycles. The van der Waals surface area contributed by atoms with Crippen molar-refractivity contribution in [1.29, 1.82) is 0 Å². The summed E-state index contributed by atoms with van der Waals surface area (Å²) < 4.78 is 0. The van der Waals surface area contributed by atoms with E-state index in [4.69, 9.17) is 5.21 Å². The summed E-state index contributed by atoms with van der Waals surface area (Å²) in [6.45, 7) is 1.40. The van der Waals surface area contributed by atoms with Gasteiger partial charge in [-0.05, 0) is 12.0 Å². The van der Waals surface area contributed by atoms with Crippen LogP contribution in [0.4, 0.5) is 0 Å². The third kappa shape index (κ3) is 3.01. The predicted molar refractivity (Wildman–Crippen MR) is 54.7 cm³/mol. The highest BCUT2D eigenvalue weighted by atomic mass is 16.4. The van der Waals surface area contributed by atoms with Crippen LogP contribution in [0.15, 0.2) is 35.5 Å². The zero-order valence-corrected chi connectivity index (χ0v) is 8.10. The minimum Gasteiger partial charge on any atom is -0.411 e. The SMILES string of the molecule is CC(=O)C(CCc1ccccc1)=NO. The van der Waals surface area contributed by atoms with Gasteiger partial charge in [0.1, 0.15) is 5.71 Å². The average molecular weight is 191 g/mol. The van der Waals surface area contributed by atoms with Crippen LogP contribution >= 0.6 is 0 Å². The number of oxime groups is 1. The van der Waals surface area contributed by atoms with Crippen LogP contribution in [0.5, 0.6) is 0 Å². The third-order valence-corrected chi connectivity index (χ3v) is 2.02. The molecule has 0 aromatic heterocycles. The lowest BCUT2D eigenvalue weighted by Crippen LogP contribution is -2.10. The van der Waals surface area contributed by atoms with Gasteiger partial charge in [-0.25, -0.2) is 0 Å². The van der Waals surface area contributed by atoms with Crippen molar-refractivity contribution in [2.75, 3.05) is 0 Å². The molecule has 0 bridgehead atoms. The molecule has 0 saturated carbocycles. The number of ketones is 1. The number of benzene rings is 1. The van der Waals surface area contributed by atoms with Gasteiger partial charge >= 0.3 is 0 Å². The van der Waals surface area contributed by atoms with Crippen LogP contribution < -0.4 is 0 Å². The van der Waals surface area contributed by atoms with Gasteiger partial charge in [-0.2, -0.15) is 0 Å². The largest absolute Gasteiger partial charge is 0.411 e. The van der Waals surface area contributed by atoms with Gasteiger partial charge in [0.05, 0.1) is 0 Å². The summed E-state index contributed by atoms with van der Waals surface area (Å²) in [4.78, 5) is 10.9. The molecule has 0 aliphatic carbocycles. The van der Waals surface area contributed by atoms with Gasteiger partial charge in [-0.1, -0.05) is 35.5 Å². The zero-order valence-electron chi connectivity index (χ0n) is 8.10. The second kappa shape index (κ2) is 5.17. The molecule has 3 nitrogen and oxygen atoms in total. The van der Waals surface area contributed by atoms with Crippen molar-refractivity contribution >= 4 is 11.5 Å². The Morgan fingerprint density at radius 2 is 2.00 bits per heavy atom. The maximum Gasteiger partial charge on any atom is 0.177 e. The fourth-order valence-corrected chi connectivity index (χ4v) is 1.20. The quantitative estimate of drug-likeness (QED) is 0.449. The van der Waals surface area contributed by atoms with E-state index in [0.717, 1.165) is 12.0 Å². The molecule has 3 heteroatoms. The Morgan fingerprint density at radius 1 is 1.36 bits per heavy atom. The molecule has 0 spiro atoms. The van der Waals surface area contributed by atoms with Crippen molar-refractivity contribution in [2.45, 2.75) is 19.8 Å². The highest BCUT2D eigenvalue weighted by Gasteiger charge is 2.06. The first-order valence-electron chi connectivity index (χ1n) is 4.50. The molecule has 0 atom stereocenters. The zero-order chi connectivity index (χ0) is 10.4. The minimum atomic E-state index is -0.177. The second-order valence-corrected chi connectivity index (χ2v) is 3.09. The third-order valence-electron chi connectivity index (χ3n) is 2.02. The highest BCUT2D eigenvalue weighted by molar-refractivity contribution is 6.38. The van der Waals surface area contributed by atoms with E-state index in [1.807, 2.05) is 30.3 Å². The Hall–Kier alpha value is -1.64. The lowest BCUT2D eigenvalue weighted by Gasteiger charge is -2.00. The van der Waals surface area contributed by atoms with Crippen molar-refractivity contribution in [3.63, 3.8) is 0 Å². The Morgan fingerprint density at radius 3 is 2.50 bits per heavy atom. The van der Waals surface area contributed by atoms with Crippen molar-refractivity contribution in [2.24, 2.45) is 5.16 Å². The average Bonchev–Trinajstić information content (AvgIpc) is 2.20. The summed E-state index contributed by atoms with van der Waals surface area (Å²) in [6.07, 6.45) is 1.20. The number of nitrogens with zero attached hydrogens (tertiary/aromatic N) is 1. The second-order valence-electron chi connectivity index (χ2n) is 3.09. The standard InChI is InChI=1S/C11H13NO2/c1-9(13)11(12-14)8-7-10-5-3-2-4-6-10/h2-6,14H,7-8H2,1H3. The lowest BCUT2D eigenvalue weighted by atomic mass is 10.1. The molecule has 74 valence electrons. The number of carbonyl (C=O) groups is 1. The fraction of sp³-hybridized carbons (Fsp3) is 0.273. The van der Waals surface area contributed by atoms with E-state index in [0.29, 0.717) is 6.42 Å². The molecule has 14 heavy (non-hydrogen) atoms. The molecule has 0 unspecified atom stereocenters. The summed E-state index contributed by atoms with van der Waals surface area (Å²) in [7, 11) is 0. The van der Waals surface area contributed by atoms with Crippen molar-refractivity contribution < 1.29 is 10.0 Å². The van der Waals surface area contributed by atoms with Gasteiger partial charge in [-0.15, -0.1) is 0 Å². The van der Waals surface area contributed by atoms with Gasteiger partial charge < -0.3 is 5.21 Å². The Bertz CT molecular complexity index is 330. The number of hydrogen-bond donors (Lipinski definition) is 1. The van der Waals surface area contributed by atoms with Crippen molar-refractivity contribution in [1.82, 2.24) is 0 Å². The molecule has 1 rings (SSSR count). The van der Waals surface area contributed by atoms with Gasteiger partial charge in [0.15, 0.2) is 5.78 Å². The summed E-state index contributed by atoms with van der Waals surface area (Å²) in [5.74, 6) is -0.177. The number of hydrogen-bond acceptors (Lipinski definition) is 3. The summed E-state index contributed by atoms with van der Waals surface area (Å²) in [5.41, 5.74) is 1.36. The van der Waals surface area contributed by atoms with E-state index >= 15 is 0 Å². The molecular weight excluding hydrogens is 178 g/mol. The van der Waals surface area contributed by atoms with E-state index < -0.39 is 0 Å². The Labute approximate surface area is 83.1 Å². The van der Waals surface area contributed by atoms with Crippen LogP contribution in [0.25, 0.3) is 0 Å². The number of rotatable bonds is 4. The smallest absolute Gasteiger partial charge is 0.177 e. The van der Waals surface area contributed by atoms with Gasteiger partial charge in [0, 0.05) is 13.3 Å². The van der Waals surface area contributed by atoms with E-state index in [1.54, 1.807) is 0 Å². The number of Topliss-reactive ketones (excluding diaryl/α,β-unsaturated/α-hetero) is 1. The topological polar surface area (TPSA) is 49.7 Å². The van der Waals surface area contributed by atoms with E-state index in [-0.39, 0.29) is 11.5 Å². The van der Waals surface area contributed by atoms with Crippen LogP contribution in [-0.2, 0) is 11.2 Å². The lowest BCUT2D eigenvalue weighted by molar-refractivity contribution is -0.111. The fourth-order valence-electron chi connectivity index (χ4n) is 1.20. The minimum absolute atomic E-state index is 0.177. The van der Waals surface area contributed by atoms with Crippen molar-refractivity contribution in [3.05, 3.63) is 35.9 Å². The van der Waals surface area contributed by atoms with E-state index in [2.05, 4.69) is 5.16 Å². The molecular formula is C11H13NO2. The molecule has 0 aliphatic heterocycles. The first kappa shape index (κ1) is 10.4. The molecule has 1 aromatic rings. The molecule has 0 saturated heterocycles. The van der Waals surface area contributed by atoms with E-state index in [1.165, 1.54) is 6.92 Å². The van der Waals surface area contributed by atoms with Crippen molar-refractivity contribution in [3.8, 4) is 0 Å². The molecule has 0 fully saturated rings. The molecule has 0 aliphatic rings. The maximum atomic E-state index is 10.9. The van der Waals surface area contributed by atoms with Crippen LogP contribution in [0.3, 0.4) is 0 Å². The van der Waals surface area contributed by atoms with E-state index in [9.17, 15) is 4.79 Å². The first-order chi connectivity index (χ1) is 6.74. The summed E-state index contributed by atoms with van der Waals surface area (Å²) >= 11 is 0. The van der Waals surface area contributed by atoms with Crippen LogP contribution in [0.2, 0.25) is 0 Å². The molecule has 0 radical (unpaired) electrons. The Balaban J connectivity index is 2.53. The predicted octanol–water partition coefficient (Wildman–Crippen LogP) is 2.04. The van der Waals surface area contributed by atoms with Crippen LogP contribution in [-0.4, -0.2) is 16.7 Å². The summed E-state index contributed by atoms with van der Waals surface area (Å²) in [5, 5.41) is 11.5. The van der Waals surface area contributed by atoms with Gasteiger partial charge in [0.25, 0.3) is 0 Å². The summed E-state index contributed by atoms with van der Waals surface area (Å²) in [6, 6.07) is 9.79. The number of aryl methyl sites for hydroxylation is 1. The highest BCUT2D eigenvalue weighted by Crippen LogP contribution is 2.03.